The first-order valence-electron chi connectivity index (χ1n) is 9.37. The zero-order chi connectivity index (χ0) is 17.2. The Morgan fingerprint density at radius 1 is 1.00 bits per heavy atom. The number of unbranched alkanes of at least 4 members (excludes halogenated alkanes) is 7. The molecule has 0 aromatic rings. The van der Waals surface area contributed by atoms with Gasteiger partial charge in [0.15, 0.2) is 0 Å². The van der Waals surface area contributed by atoms with E-state index in [1.807, 2.05) is 25.2 Å². The molecule has 0 spiro atoms. The summed E-state index contributed by atoms with van der Waals surface area (Å²) < 4.78 is 4.90. The molecule has 0 fully saturated rings. The number of aliphatic hydroxyl groups excluding tert-OH is 1. The summed E-state index contributed by atoms with van der Waals surface area (Å²) in [6.45, 7) is 4.49. The molecule has 0 amide bonds. The van der Waals surface area contributed by atoms with Crippen LogP contribution in [-0.4, -0.2) is 23.8 Å². The van der Waals surface area contributed by atoms with Crippen LogP contribution in [0.1, 0.15) is 84.5 Å². The summed E-state index contributed by atoms with van der Waals surface area (Å²) >= 11 is 0. The van der Waals surface area contributed by atoms with Gasteiger partial charge in [-0.3, -0.25) is 4.79 Å². The Bertz CT molecular complexity index is 321. The summed E-state index contributed by atoms with van der Waals surface area (Å²) in [5, 5.41) is 9.72. The van der Waals surface area contributed by atoms with Crippen molar-refractivity contribution >= 4 is 5.97 Å². The summed E-state index contributed by atoms with van der Waals surface area (Å²) in [7, 11) is 0. The molecule has 0 aliphatic carbocycles. The quantitative estimate of drug-likeness (QED) is 0.251. The monoisotopic (exact) mass is 324 g/mol. The molecule has 3 heteroatoms. The summed E-state index contributed by atoms with van der Waals surface area (Å²) in [5.74, 6) is -0.0703. The molecule has 0 aliphatic heterocycles. The predicted molar refractivity (Wildman–Crippen MR) is 97.4 cm³/mol. The second-order valence-corrected chi connectivity index (χ2v) is 5.99. The molecule has 0 saturated heterocycles. The molecule has 134 valence electrons. The Balaban J connectivity index is 3.38. The van der Waals surface area contributed by atoms with Gasteiger partial charge in [0, 0.05) is 6.42 Å². The normalized spacial score (nSPS) is 13.0. The van der Waals surface area contributed by atoms with Gasteiger partial charge < -0.3 is 9.84 Å². The van der Waals surface area contributed by atoms with Crippen molar-refractivity contribution in [1.82, 2.24) is 0 Å². The largest absolute Gasteiger partial charge is 0.466 e. The number of aliphatic hydroxyl groups is 1. The van der Waals surface area contributed by atoms with Gasteiger partial charge in [-0.15, -0.1) is 0 Å². The van der Waals surface area contributed by atoms with E-state index in [2.05, 4.69) is 13.0 Å². The number of carbonyl (C=O) groups excluding carboxylic acids is 1. The zero-order valence-electron chi connectivity index (χ0n) is 15.1. The predicted octanol–water partition coefficient (Wildman–Crippen LogP) is 5.33. The molecular weight excluding hydrogens is 288 g/mol. The van der Waals surface area contributed by atoms with Crippen LogP contribution < -0.4 is 0 Å². The van der Waals surface area contributed by atoms with Gasteiger partial charge >= 0.3 is 5.97 Å². The Labute approximate surface area is 142 Å². The van der Waals surface area contributed by atoms with Gasteiger partial charge in [-0.1, -0.05) is 69.8 Å². The van der Waals surface area contributed by atoms with E-state index in [1.165, 1.54) is 32.1 Å². The number of allylic oxidation sites excluding steroid dienone is 3. The maximum absolute atomic E-state index is 11.1. The average Bonchev–Trinajstić information content (AvgIpc) is 2.53. The van der Waals surface area contributed by atoms with E-state index in [9.17, 15) is 9.90 Å². The molecule has 0 bridgehead atoms. The number of rotatable bonds is 15. The van der Waals surface area contributed by atoms with Crippen LogP contribution in [0.5, 0.6) is 0 Å². The lowest BCUT2D eigenvalue weighted by molar-refractivity contribution is -0.143. The lowest BCUT2D eigenvalue weighted by Gasteiger charge is -2.03. The minimum atomic E-state index is -0.300. The van der Waals surface area contributed by atoms with Crippen molar-refractivity contribution in [2.45, 2.75) is 90.6 Å². The van der Waals surface area contributed by atoms with Crippen LogP contribution in [0.25, 0.3) is 0 Å². The first kappa shape index (κ1) is 21.9. The maximum Gasteiger partial charge on any atom is 0.305 e. The fourth-order valence-electron chi connectivity index (χ4n) is 2.36. The van der Waals surface area contributed by atoms with E-state index in [0.29, 0.717) is 13.0 Å². The molecule has 1 unspecified atom stereocenters. The molecule has 0 aliphatic rings. The minimum Gasteiger partial charge on any atom is -0.466 e. The Morgan fingerprint density at radius 2 is 1.74 bits per heavy atom. The number of carbonyl (C=O) groups is 1. The average molecular weight is 325 g/mol. The van der Waals surface area contributed by atoms with Crippen molar-refractivity contribution < 1.29 is 14.6 Å². The lowest BCUT2D eigenvalue weighted by atomic mass is 10.1. The first-order chi connectivity index (χ1) is 11.2. The van der Waals surface area contributed by atoms with Crippen LogP contribution in [0.4, 0.5) is 0 Å². The van der Waals surface area contributed by atoms with Crippen molar-refractivity contribution in [1.29, 1.82) is 0 Å². The van der Waals surface area contributed by atoms with Crippen LogP contribution in [0, 0.1) is 0 Å². The van der Waals surface area contributed by atoms with Gasteiger partial charge in [0.1, 0.15) is 0 Å². The molecule has 23 heavy (non-hydrogen) atoms. The molecule has 0 aromatic carbocycles. The van der Waals surface area contributed by atoms with E-state index >= 15 is 0 Å². The van der Waals surface area contributed by atoms with E-state index in [-0.39, 0.29) is 12.1 Å². The highest BCUT2D eigenvalue weighted by molar-refractivity contribution is 5.69. The fraction of sp³-hybridized carbons (Fsp3) is 0.750. The highest BCUT2D eigenvalue weighted by atomic mass is 16.5. The minimum absolute atomic E-state index is 0.0703. The third kappa shape index (κ3) is 17.1. The highest BCUT2D eigenvalue weighted by Gasteiger charge is 2.00. The Hall–Kier alpha value is -1.09. The van der Waals surface area contributed by atoms with Crippen molar-refractivity contribution in [2.75, 3.05) is 6.61 Å². The van der Waals surface area contributed by atoms with Gasteiger partial charge in [-0.05, 0) is 32.6 Å². The van der Waals surface area contributed by atoms with E-state index in [4.69, 9.17) is 4.74 Å². The van der Waals surface area contributed by atoms with E-state index in [1.54, 1.807) is 0 Å². The van der Waals surface area contributed by atoms with Gasteiger partial charge in [0.25, 0.3) is 0 Å². The van der Waals surface area contributed by atoms with E-state index < -0.39 is 0 Å². The van der Waals surface area contributed by atoms with Crippen LogP contribution in [0.2, 0.25) is 0 Å². The maximum atomic E-state index is 11.1. The van der Waals surface area contributed by atoms with Gasteiger partial charge in [0.05, 0.1) is 12.7 Å². The summed E-state index contributed by atoms with van der Waals surface area (Å²) in [5.41, 5.74) is 0. The van der Waals surface area contributed by atoms with Gasteiger partial charge in [0.2, 0.25) is 0 Å². The Kier molecular flexibility index (Phi) is 16.4. The molecule has 0 heterocycles. The third-order valence-electron chi connectivity index (χ3n) is 3.74. The summed E-state index contributed by atoms with van der Waals surface area (Å²) in [6.07, 6.45) is 19.3. The molecule has 0 saturated carbocycles. The second-order valence-electron chi connectivity index (χ2n) is 5.99. The molecule has 0 rings (SSSR count). The van der Waals surface area contributed by atoms with Crippen molar-refractivity contribution in [3.8, 4) is 0 Å². The van der Waals surface area contributed by atoms with Crippen molar-refractivity contribution in [2.24, 2.45) is 0 Å². The number of hydrogen-bond acceptors (Lipinski definition) is 3. The summed E-state index contributed by atoms with van der Waals surface area (Å²) in [4.78, 5) is 11.1. The third-order valence-corrected chi connectivity index (χ3v) is 3.74. The van der Waals surface area contributed by atoms with Crippen LogP contribution in [0.15, 0.2) is 24.3 Å². The molecule has 1 N–H and O–H groups in total. The smallest absolute Gasteiger partial charge is 0.305 e. The van der Waals surface area contributed by atoms with Crippen LogP contribution >= 0.6 is 0 Å². The number of esters is 1. The SMILES string of the molecule is CCCCCC(O)/C=C/C=C/CCCCCCCC(=O)OCC. The fourth-order valence-corrected chi connectivity index (χ4v) is 2.36. The van der Waals surface area contributed by atoms with Crippen molar-refractivity contribution in [3.05, 3.63) is 24.3 Å². The molecule has 3 nitrogen and oxygen atoms in total. The lowest BCUT2D eigenvalue weighted by Crippen LogP contribution is -2.03. The molecule has 0 radical (unpaired) electrons. The second kappa shape index (κ2) is 17.3. The summed E-state index contributed by atoms with van der Waals surface area (Å²) in [6, 6.07) is 0. The molecular formula is C20H36O3. The number of ether oxygens (including phenoxy) is 1. The Morgan fingerprint density at radius 3 is 2.48 bits per heavy atom. The first-order valence-corrected chi connectivity index (χ1v) is 9.37. The van der Waals surface area contributed by atoms with Gasteiger partial charge in [-0.2, -0.15) is 0 Å². The standard InChI is InChI=1S/C20H36O3/c1-3-5-13-16-19(21)17-14-11-9-7-6-8-10-12-15-18-20(22)23-4-2/h9,11,14,17,19,21H,3-8,10,12-13,15-16,18H2,1-2H3/b11-9+,17-14+. The van der Waals surface area contributed by atoms with Crippen LogP contribution in [-0.2, 0) is 9.53 Å². The molecule has 0 aromatic heterocycles. The number of hydrogen-bond donors (Lipinski definition) is 1. The molecule has 1 atom stereocenters. The highest BCUT2D eigenvalue weighted by Crippen LogP contribution is 2.08. The topological polar surface area (TPSA) is 46.5 Å². The van der Waals surface area contributed by atoms with Crippen LogP contribution in [0.3, 0.4) is 0 Å². The van der Waals surface area contributed by atoms with E-state index in [0.717, 1.165) is 32.1 Å². The van der Waals surface area contributed by atoms with Gasteiger partial charge in [-0.25, -0.2) is 0 Å². The van der Waals surface area contributed by atoms with Crippen molar-refractivity contribution in [3.63, 3.8) is 0 Å². The zero-order valence-corrected chi connectivity index (χ0v) is 15.1.